The van der Waals surface area contributed by atoms with E-state index in [1.165, 1.54) is 26.3 Å². The zero-order chi connectivity index (χ0) is 14.7. The maximum Gasteiger partial charge on any atom is 0.0636 e. The molecule has 0 aliphatic rings. The normalized spacial score (nSPS) is 12.9. The van der Waals surface area contributed by atoms with Gasteiger partial charge in [0.25, 0.3) is 0 Å². The molecule has 3 aromatic rings. The molecule has 1 nitrogen and oxygen atoms in total. The molecule has 110 valence electrons. The van der Waals surface area contributed by atoms with Gasteiger partial charge in [0.1, 0.15) is 0 Å². The maximum absolute atomic E-state index is 6.52. The van der Waals surface area contributed by atoms with Crippen molar-refractivity contribution in [2.24, 2.45) is 0 Å². The molecule has 0 aliphatic carbocycles. The highest BCUT2D eigenvalue weighted by atomic mass is 35.5. The van der Waals surface area contributed by atoms with E-state index in [4.69, 9.17) is 11.6 Å². The highest BCUT2D eigenvalue weighted by molar-refractivity contribution is 7.19. The van der Waals surface area contributed by atoms with Crippen LogP contribution in [0.1, 0.15) is 35.6 Å². The molecule has 0 amide bonds. The summed E-state index contributed by atoms with van der Waals surface area (Å²) in [7, 11) is 0. The summed E-state index contributed by atoms with van der Waals surface area (Å²) in [5.74, 6) is 0. The van der Waals surface area contributed by atoms with E-state index in [9.17, 15) is 0 Å². The van der Waals surface area contributed by atoms with Crippen LogP contribution >= 0.6 is 34.3 Å². The third-order valence-corrected chi connectivity index (χ3v) is 6.28. The zero-order valence-electron chi connectivity index (χ0n) is 11.9. The molecule has 1 N–H and O–H groups in total. The van der Waals surface area contributed by atoms with Crippen LogP contribution in [0, 0.1) is 0 Å². The van der Waals surface area contributed by atoms with E-state index < -0.39 is 0 Å². The minimum Gasteiger partial charge on any atom is -0.304 e. The summed E-state index contributed by atoms with van der Waals surface area (Å²) in [5.41, 5.74) is 0. The Morgan fingerprint density at radius 3 is 2.76 bits per heavy atom. The monoisotopic (exact) mass is 335 g/mol. The van der Waals surface area contributed by atoms with E-state index in [1.54, 1.807) is 11.3 Å². The summed E-state index contributed by atoms with van der Waals surface area (Å²) in [4.78, 5) is 2.64. The largest absolute Gasteiger partial charge is 0.304 e. The Hall–Kier alpha value is -0.870. The first kappa shape index (κ1) is 15.0. The van der Waals surface area contributed by atoms with Crippen LogP contribution in [0.3, 0.4) is 0 Å². The van der Waals surface area contributed by atoms with Crippen LogP contribution in [0.25, 0.3) is 10.1 Å². The molecule has 2 heterocycles. The molecule has 0 saturated carbocycles. The molecule has 21 heavy (non-hydrogen) atoms. The zero-order valence-corrected chi connectivity index (χ0v) is 14.3. The van der Waals surface area contributed by atoms with Gasteiger partial charge in [0.15, 0.2) is 0 Å². The predicted octanol–water partition coefficient (Wildman–Crippen LogP) is 6.25. The van der Waals surface area contributed by atoms with E-state index in [2.05, 4.69) is 48.0 Å². The van der Waals surface area contributed by atoms with Crippen LogP contribution in [0.15, 0.2) is 41.8 Å². The lowest BCUT2D eigenvalue weighted by Gasteiger charge is -2.16. The van der Waals surface area contributed by atoms with Gasteiger partial charge < -0.3 is 5.32 Å². The second kappa shape index (κ2) is 6.93. The molecule has 0 fully saturated rings. The Kier molecular flexibility index (Phi) is 4.96. The lowest BCUT2D eigenvalue weighted by Crippen LogP contribution is -2.19. The topological polar surface area (TPSA) is 12.0 Å². The molecule has 0 saturated heterocycles. The van der Waals surface area contributed by atoms with Crippen LogP contribution in [-0.2, 0) is 6.54 Å². The molecule has 0 aliphatic heterocycles. The molecule has 0 spiro atoms. The number of hydrogen-bond donors (Lipinski definition) is 1. The molecule has 2 aromatic heterocycles. The fourth-order valence-corrected chi connectivity index (χ4v) is 4.80. The Balaban J connectivity index is 1.77. The smallest absolute Gasteiger partial charge is 0.0636 e. The second-order valence-electron chi connectivity index (χ2n) is 5.07. The molecular formula is C17H18ClNS2. The van der Waals surface area contributed by atoms with E-state index in [0.717, 1.165) is 18.0 Å². The van der Waals surface area contributed by atoms with Crippen LogP contribution in [0.5, 0.6) is 0 Å². The van der Waals surface area contributed by atoms with Crippen molar-refractivity contribution in [2.45, 2.75) is 32.4 Å². The highest BCUT2D eigenvalue weighted by Gasteiger charge is 2.14. The van der Waals surface area contributed by atoms with Crippen molar-refractivity contribution in [1.29, 1.82) is 0 Å². The minimum atomic E-state index is 0.427. The third-order valence-electron chi connectivity index (χ3n) is 3.57. The number of halogens is 1. The van der Waals surface area contributed by atoms with Crippen molar-refractivity contribution >= 4 is 44.4 Å². The molecule has 0 radical (unpaired) electrons. The minimum absolute atomic E-state index is 0.427. The summed E-state index contributed by atoms with van der Waals surface area (Å²) in [5, 5.41) is 7.90. The lowest BCUT2D eigenvalue weighted by molar-refractivity contribution is 0.503. The van der Waals surface area contributed by atoms with Gasteiger partial charge in [-0.15, -0.1) is 22.7 Å². The molecule has 1 unspecified atom stereocenters. The highest BCUT2D eigenvalue weighted by Crippen LogP contribution is 2.35. The van der Waals surface area contributed by atoms with Gasteiger partial charge in [0.2, 0.25) is 0 Å². The summed E-state index contributed by atoms with van der Waals surface area (Å²) in [6.07, 6.45) is 2.33. The summed E-state index contributed by atoms with van der Waals surface area (Å²) in [6, 6.07) is 13.1. The number of thiophene rings is 2. The number of fused-ring (bicyclic) bond motifs is 1. The predicted molar refractivity (Wildman–Crippen MR) is 95.6 cm³/mol. The van der Waals surface area contributed by atoms with Crippen LogP contribution in [0.4, 0.5) is 0 Å². The van der Waals surface area contributed by atoms with Gasteiger partial charge in [-0.3, -0.25) is 0 Å². The van der Waals surface area contributed by atoms with Crippen molar-refractivity contribution in [1.82, 2.24) is 5.32 Å². The standard InChI is InChI=1S/C17H18ClNS2/c1-2-6-13(15-9-5-10-20-15)19-11-16-17(18)12-7-3-4-8-14(12)21-16/h3-5,7-10,13,19H,2,6,11H2,1H3. The first-order chi connectivity index (χ1) is 10.3. The summed E-state index contributed by atoms with van der Waals surface area (Å²) < 4.78 is 1.27. The van der Waals surface area contributed by atoms with Crippen LogP contribution < -0.4 is 5.32 Å². The van der Waals surface area contributed by atoms with Gasteiger partial charge in [0, 0.05) is 32.4 Å². The Labute approximate surface area is 138 Å². The van der Waals surface area contributed by atoms with Gasteiger partial charge in [-0.25, -0.2) is 0 Å². The number of rotatable bonds is 6. The first-order valence-corrected chi connectivity index (χ1v) is 9.29. The van der Waals surface area contributed by atoms with E-state index >= 15 is 0 Å². The average molecular weight is 336 g/mol. The summed E-state index contributed by atoms with van der Waals surface area (Å²) in [6.45, 7) is 3.06. The van der Waals surface area contributed by atoms with Crippen LogP contribution in [-0.4, -0.2) is 0 Å². The fourth-order valence-electron chi connectivity index (χ4n) is 2.52. The van der Waals surface area contributed by atoms with Gasteiger partial charge in [-0.2, -0.15) is 0 Å². The SMILES string of the molecule is CCCC(NCc1sc2ccccc2c1Cl)c1cccs1. The molecule has 0 bridgehead atoms. The first-order valence-electron chi connectivity index (χ1n) is 7.22. The molecular weight excluding hydrogens is 318 g/mol. The quantitative estimate of drug-likeness (QED) is 0.561. The lowest BCUT2D eigenvalue weighted by atomic mass is 10.1. The van der Waals surface area contributed by atoms with Crippen molar-refractivity contribution < 1.29 is 0 Å². The van der Waals surface area contributed by atoms with Gasteiger partial charge in [0.05, 0.1) is 5.02 Å². The molecule has 3 rings (SSSR count). The second-order valence-corrected chi connectivity index (χ2v) is 7.57. The fraction of sp³-hybridized carbons (Fsp3) is 0.294. The van der Waals surface area contributed by atoms with Crippen molar-refractivity contribution in [3.8, 4) is 0 Å². The Morgan fingerprint density at radius 1 is 1.19 bits per heavy atom. The molecule has 1 aromatic carbocycles. The van der Waals surface area contributed by atoms with E-state index in [-0.39, 0.29) is 0 Å². The van der Waals surface area contributed by atoms with Gasteiger partial charge >= 0.3 is 0 Å². The van der Waals surface area contributed by atoms with E-state index in [0.29, 0.717) is 6.04 Å². The molecule has 4 heteroatoms. The van der Waals surface area contributed by atoms with Crippen molar-refractivity contribution in [3.63, 3.8) is 0 Å². The van der Waals surface area contributed by atoms with Crippen molar-refractivity contribution in [3.05, 3.63) is 56.6 Å². The molecule has 1 atom stereocenters. The summed E-state index contributed by atoms with van der Waals surface area (Å²) >= 11 is 10.1. The van der Waals surface area contributed by atoms with Crippen molar-refractivity contribution in [2.75, 3.05) is 0 Å². The number of nitrogens with one attached hydrogen (secondary N) is 1. The van der Waals surface area contributed by atoms with Gasteiger partial charge in [-0.1, -0.05) is 49.2 Å². The number of benzene rings is 1. The maximum atomic E-state index is 6.52. The van der Waals surface area contributed by atoms with E-state index in [1.807, 2.05) is 17.4 Å². The third kappa shape index (κ3) is 3.32. The van der Waals surface area contributed by atoms with Crippen LogP contribution in [0.2, 0.25) is 5.02 Å². The van der Waals surface area contributed by atoms with Gasteiger partial charge in [-0.05, 0) is 23.9 Å². The number of hydrogen-bond acceptors (Lipinski definition) is 3. The average Bonchev–Trinajstić information content (AvgIpc) is 3.13. The Bertz CT molecular complexity index is 703. The Morgan fingerprint density at radius 2 is 2.05 bits per heavy atom.